The maximum absolute atomic E-state index is 13.9. The van der Waals surface area contributed by atoms with Crippen molar-refractivity contribution < 1.29 is 80.5 Å². The van der Waals surface area contributed by atoms with E-state index in [0.717, 1.165) is 84.7 Å². The number of morpholine rings is 1. The number of ether oxygens (including phenoxy) is 9. The van der Waals surface area contributed by atoms with Crippen molar-refractivity contribution in [2.45, 2.75) is 116 Å². The minimum atomic E-state index is -2.81. The van der Waals surface area contributed by atoms with Crippen LogP contribution >= 0.6 is 58.0 Å². The number of alkyl halides is 3. The number of carbonyl (C=O) groups excluding carboxylic acids is 4. The lowest BCUT2D eigenvalue weighted by atomic mass is 9.96. The Bertz CT molecular complexity index is 7200. The molecular weight excluding hydrogens is 2040 g/mol. The largest absolute Gasteiger partial charge is 0.494 e. The number of piperidine rings is 4. The number of halogens is 7. The van der Waals surface area contributed by atoms with Gasteiger partial charge in [0.05, 0.1) is 101 Å². The van der Waals surface area contributed by atoms with Crippen LogP contribution in [-0.2, 0) is 56.9 Å². The molecule has 149 heavy (non-hydrogen) atoms. The summed E-state index contributed by atoms with van der Waals surface area (Å²) in [6.07, 6.45) is 12.4. The Hall–Kier alpha value is -13.8. The van der Waals surface area contributed by atoms with Gasteiger partial charge in [-0.2, -0.15) is 19.9 Å². The molecule has 5 fully saturated rings. The number of benzene rings is 4. The highest BCUT2D eigenvalue weighted by Gasteiger charge is 2.37. The van der Waals surface area contributed by atoms with Crippen molar-refractivity contribution in [3.05, 3.63) is 159 Å². The van der Waals surface area contributed by atoms with Crippen molar-refractivity contribution in [2.75, 3.05) is 181 Å². The molecule has 13 heterocycles. The number of carbonyl (C=O) groups is 5. The molecule has 5 aliphatic heterocycles. The first-order valence-electron chi connectivity index (χ1n) is 48.7. The standard InChI is InChI=1S/C29H37ClN6O5.C25H28ClN5O6.C24H27Cl2N5O4.C24H26ClF2N5O4/c1-4-22(37)18-41-25-14-20-13-21(15-24(39-3)26(20)34(2)28(25)38)32-27-23(30)16-31-29(33-27)36-7-5-19(6-8-36)17-35-9-11-40-12-10-35;1-4-17(32)13-37-20-10-15-9-16(11-19(36-3)21(15)30(2)23(20)33)28-22-18(26)12-27-25(29-22)31-7-5-14(6-8-31)24(34)35;1-4-17(32)13-35-20-10-14-9-16(11-19(34-3)21(14)30(2)23(20)33)28-22-18(26)12-27-24(29-22)31-7-5-15(25)6-8-31;1-4-16(33)12-36-19-9-14-8-15(10-18(35-3)20(14)31(2)22(19)34)29-21-17(25)11-28-23(30-21)32-7-5-6-24(26,27)13-32/h13-16,19H,4-12,17-18H2,1-3H3,(H,31,32,33);9-12,14H,4-8,13H2,1-3H3,(H,34,35)(H,27,28,29);9-12,15H,4-8,13H2,1-3H3,(H,27,28,29);8-11H,4-7,12-13H2,1-3H3,(H,28,29,30). The van der Waals surface area contributed by atoms with Gasteiger partial charge in [-0.3, -0.25) is 48.1 Å². The molecule has 794 valence electrons. The minimum absolute atomic E-state index is 0.0272. The van der Waals surface area contributed by atoms with Gasteiger partial charge in [0.1, 0.15) is 69.5 Å². The molecule has 0 saturated carbocycles. The normalized spacial score (nSPS) is 15.1. The maximum atomic E-state index is 13.9. The van der Waals surface area contributed by atoms with Gasteiger partial charge in [-0.25, -0.2) is 28.7 Å². The number of pyridine rings is 4. The summed E-state index contributed by atoms with van der Waals surface area (Å²) in [7, 11) is 12.5. The summed E-state index contributed by atoms with van der Waals surface area (Å²) >= 11 is 31.8. The van der Waals surface area contributed by atoms with E-state index in [9.17, 15) is 57.0 Å². The Balaban J connectivity index is 0.000000157. The van der Waals surface area contributed by atoms with E-state index in [1.54, 1.807) is 130 Å². The summed E-state index contributed by atoms with van der Waals surface area (Å²) in [5.41, 5.74) is 3.20. The van der Waals surface area contributed by atoms with Gasteiger partial charge in [0.2, 0.25) is 23.8 Å². The number of aryl methyl sites for hydroxylation is 4. The second-order valence-electron chi connectivity index (χ2n) is 36.1. The van der Waals surface area contributed by atoms with E-state index in [-0.39, 0.29) is 124 Å². The fourth-order valence-electron chi connectivity index (χ4n) is 17.6. The van der Waals surface area contributed by atoms with E-state index in [0.29, 0.717) is 210 Å². The zero-order valence-corrected chi connectivity index (χ0v) is 88.3. The first-order chi connectivity index (χ1) is 71.5. The molecule has 5 N–H and O–H groups in total. The van der Waals surface area contributed by atoms with Crippen LogP contribution in [0, 0.1) is 11.8 Å². The lowest BCUT2D eigenvalue weighted by Crippen LogP contribution is -2.43. The number of nitrogens with zero attached hydrogens (tertiary/aromatic N) is 17. The molecule has 4 aromatic carbocycles. The molecule has 0 spiro atoms. The van der Waals surface area contributed by atoms with Crippen LogP contribution in [0.2, 0.25) is 20.1 Å². The second kappa shape index (κ2) is 50.5. The average molecular weight is 2160 g/mol. The molecule has 12 aromatic rings. The quantitative estimate of drug-likeness (QED) is 0.0230. The van der Waals surface area contributed by atoms with Crippen molar-refractivity contribution in [3.63, 3.8) is 0 Å². The molecule has 17 rings (SSSR count). The predicted molar refractivity (Wildman–Crippen MR) is 570 cm³/mol. The van der Waals surface area contributed by atoms with Crippen molar-refractivity contribution >= 4 is 201 Å². The fourth-order valence-corrected chi connectivity index (χ4v) is 18.3. The number of fused-ring (bicyclic) bond motifs is 4. The molecule has 40 nitrogen and oxygen atoms in total. The van der Waals surface area contributed by atoms with Gasteiger partial charge in [-0.05, 0) is 99.4 Å². The number of nitrogens with one attached hydrogen (secondary N) is 4. The number of methoxy groups -OCH3 is 4. The smallest absolute Gasteiger partial charge is 0.306 e. The molecule has 8 aromatic heterocycles. The molecular formula is C102H118Cl5F2N21O19. The summed E-state index contributed by atoms with van der Waals surface area (Å²) in [4.78, 5) is 155. The van der Waals surface area contributed by atoms with Crippen LogP contribution in [0.15, 0.2) is 117 Å². The van der Waals surface area contributed by atoms with Gasteiger partial charge in [0, 0.05) is 200 Å². The van der Waals surface area contributed by atoms with Crippen molar-refractivity contribution in [3.8, 4) is 46.0 Å². The van der Waals surface area contributed by atoms with Gasteiger partial charge >= 0.3 is 5.97 Å². The lowest BCUT2D eigenvalue weighted by molar-refractivity contribution is -0.142. The number of rotatable bonds is 35. The van der Waals surface area contributed by atoms with Gasteiger partial charge in [-0.15, -0.1) is 11.6 Å². The summed E-state index contributed by atoms with van der Waals surface area (Å²) in [6.45, 7) is 15.3. The highest BCUT2D eigenvalue weighted by molar-refractivity contribution is 6.34. The van der Waals surface area contributed by atoms with Crippen LogP contribution in [0.3, 0.4) is 0 Å². The second-order valence-corrected chi connectivity index (χ2v) is 38.4. The SMILES string of the molecule is CCC(=O)COc1cc2cc(Nc3nc(N4CCC(C(=O)O)CC4)ncc3Cl)cc(OC)c2n(C)c1=O.CCC(=O)COc1cc2cc(Nc3nc(N4CCC(CN5CCOCC5)CC4)ncc3Cl)cc(OC)c2n(C)c1=O.CCC(=O)COc1cc2cc(Nc3nc(N4CCC(Cl)CC4)ncc3Cl)cc(OC)c2n(C)c1=O.CCC(=O)COc1cc2cc(Nc3nc(N4CCCC(F)(F)C4)ncc3Cl)cc(OC)c2n(C)c1=O. The van der Waals surface area contributed by atoms with Crippen LogP contribution in [0.5, 0.6) is 46.0 Å². The molecule has 0 aliphatic carbocycles. The molecule has 0 atom stereocenters. The third-order valence-corrected chi connectivity index (χ3v) is 27.5. The Kier molecular flexibility index (Phi) is 37.6. The number of hydrogen-bond acceptors (Lipinski definition) is 35. The van der Waals surface area contributed by atoms with Gasteiger partial charge in [-0.1, -0.05) is 74.1 Å². The highest BCUT2D eigenvalue weighted by atomic mass is 35.5. The van der Waals surface area contributed by atoms with Gasteiger partial charge in [0.25, 0.3) is 28.2 Å². The molecule has 0 unspecified atom stereocenters. The fraction of sp³-hybridized carbons (Fsp3) is 0.441. The molecule has 47 heteroatoms. The Morgan fingerprint density at radius 2 is 0.685 bits per heavy atom. The maximum Gasteiger partial charge on any atom is 0.306 e. The first kappa shape index (κ1) is 111. The molecule has 0 radical (unpaired) electrons. The summed E-state index contributed by atoms with van der Waals surface area (Å²) in [5.74, 6) is 1.67. The van der Waals surface area contributed by atoms with E-state index in [4.69, 9.17) is 106 Å². The Morgan fingerprint density at radius 1 is 0.403 bits per heavy atom. The zero-order valence-electron chi connectivity index (χ0n) is 84.5. The number of aliphatic carboxylic acids is 1. The number of carboxylic acids is 1. The van der Waals surface area contributed by atoms with E-state index < -0.39 is 24.0 Å². The first-order valence-corrected chi connectivity index (χ1v) is 50.6. The lowest BCUT2D eigenvalue weighted by Gasteiger charge is -2.36. The van der Waals surface area contributed by atoms with E-state index in [1.165, 1.54) is 63.0 Å². The Labute approximate surface area is 880 Å². The van der Waals surface area contributed by atoms with E-state index in [1.807, 2.05) is 17.0 Å². The third kappa shape index (κ3) is 27.5. The van der Waals surface area contributed by atoms with Crippen LogP contribution < -0.4 is 101 Å². The number of aromatic nitrogens is 12. The molecule has 5 saturated heterocycles. The molecule has 0 amide bonds. The van der Waals surface area contributed by atoms with E-state index in [2.05, 4.69) is 70.9 Å². The van der Waals surface area contributed by atoms with Crippen LogP contribution in [0.4, 0.5) is 78.6 Å². The summed E-state index contributed by atoms with van der Waals surface area (Å²) in [6, 6.07) is 20.5. The Morgan fingerprint density at radius 3 is 0.960 bits per heavy atom. The van der Waals surface area contributed by atoms with E-state index >= 15 is 0 Å². The predicted octanol–water partition coefficient (Wildman–Crippen LogP) is 15.7. The van der Waals surface area contributed by atoms with Gasteiger partial charge in [0.15, 0.2) is 69.4 Å². The third-order valence-electron chi connectivity index (χ3n) is 26.0. The number of Topliss-reactive ketones (excluding diaryl/α,β-unsaturated/α-hetero) is 4. The van der Waals surface area contributed by atoms with Crippen molar-refractivity contribution in [1.29, 1.82) is 0 Å². The monoisotopic (exact) mass is 2150 g/mol. The zero-order chi connectivity index (χ0) is 107. The summed E-state index contributed by atoms with van der Waals surface area (Å²) < 4.78 is 83.3. The van der Waals surface area contributed by atoms with Gasteiger partial charge < -0.3 is 107 Å². The minimum Gasteiger partial charge on any atom is -0.494 e. The van der Waals surface area contributed by atoms with Crippen LogP contribution in [0.1, 0.15) is 105 Å². The van der Waals surface area contributed by atoms with Crippen molar-refractivity contribution in [2.24, 2.45) is 40.0 Å². The molecule has 5 aliphatic rings. The number of carboxylic acid groups (broad SMARTS) is 1. The van der Waals surface area contributed by atoms with Crippen molar-refractivity contribution in [1.82, 2.24) is 63.0 Å². The summed E-state index contributed by atoms with van der Waals surface area (Å²) in [5, 5.41) is 26.1. The number of hydrogen-bond donors (Lipinski definition) is 5. The van der Waals surface area contributed by atoms with Crippen LogP contribution in [0.25, 0.3) is 43.6 Å². The molecule has 0 bridgehead atoms. The topological polar surface area (TPSA) is 444 Å². The average Bonchev–Trinajstić information content (AvgIpc) is 0.775. The number of ketones is 4. The highest BCUT2D eigenvalue weighted by Crippen LogP contribution is 2.42. The van der Waals surface area contributed by atoms with Crippen LogP contribution in [-0.4, -0.2) is 249 Å². The number of anilines is 12.